The highest BCUT2D eigenvalue weighted by molar-refractivity contribution is 7.14. The Hall–Kier alpha value is -4.57. The van der Waals surface area contributed by atoms with E-state index >= 15 is 0 Å². The van der Waals surface area contributed by atoms with Gasteiger partial charge in [-0.05, 0) is 103 Å². The zero-order valence-corrected chi connectivity index (χ0v) is 30.7. The van der Waals surface area contributed by atoms with Crippen LogP contribution in [0.4, 0.5) is 0 Å². The Balaban J connectivity index is 1.06. The fourth-order valence-corrected chi connectivity index (χ4v) is 9.74. The molecule has 4 saturated carbocycles. The molecule has 4 aromatic rings. The lowest BCUT2D eigenvalue weighted by Gasteiger charge is -2.39. The predicted molar refractivity (Wildman–Crippen MR) is 198 cm³/mol. The molecule has 0 radical (unpaired) electrons. The van der Waals surface area contributed by atoms with Gasteiger partial charge >= 0.3 is 5.97 Å². The molecule has 4 aliphatic rings. The number of carboxylic acid groups (broad SMARTS) is 1. The third-order valence-electron chi connectivity index (χ3n) is 11.3. The summed E-state index contributed by atoms with van der Waals surface area (Å²) < 4.78 is 5.89. The van der Waals surface area contributed by atoms with Gasteiger partial charge in [-0.25, -0.2) is 9.97 Å². The Kier molecular flexibility index (Phi) is 9.24. The average molecular weight is 707 g/mol. The lowest BCUT2D eigenvalue weighted by atomic mass is 9.65. The van der Waals surface area contributed by atoms with E-state index in [4.69, 9.17) is 14.7 Å². The molecular formula is C41H46N4O5S. The van der Waals surface area contributed by atoms with Gasteiger partial charge in [-0.1, -0.05) is 51.1 Å². The van der Waals surface area contributed by atoms with Crippen molar-refractivity contribution >= 4 is 29.1 Å². The Morgan fingerprint density at radius 1 is 0.922 bits per heavy atom. The van der Waals surface area contributed by atoms with Gasteiger partial charge < -0.3 is 20.5 Å². The summed E-state index contributed by atoms with van der Waals surface area (Å²) in [6, 6.07) is 15.6. The standard InChI is InChI=1S/C41H46N4O5S/c1-23(39(48)49)44-37(46)32(45-38(47)34-12-13-35(51-34)40(2,3)4)16-24-6-8-26(9-7-24)36-42-21-30(22-43-36)27-10-11-33(50-5)31(17-27)41-18-25-14-28(19-41)29(15-25)20-41/h6-13,17,21-23,25,28-29,32H,14-16,18-20H2,1-5H3,(H,44,46)(H,45,47)(H,48,49)/t23-,25?,28?,29?,32+,41?/m1/s1. The molecule has 2 heterocycles. The summed E-state index contributed by atoms with van der Waals surface area (Å²) in [6.07, 6.45) is 10.5. The third kappa shape index (κ3) is 7.03. The van der Waals surface area contributed by atoms with Crippen LogP contribution in [0.15, 0.2) is 67.0 Å². The molecule has 0 saturated heterocycles. The molecule has 2 amide bonds. The van der Waals surface area contributed by atoms with Crippen LogP contribution in [0, 0.1) is 17.8 Å². The largest absolute Gasteiger partial charge is 0.496 e. The second kappa shape index (κ2) is 13.5. The number of hydrogen-bond acceptors (Lipinski definition) is 7. The highest BCUT2D eigenvalue weighted by Crippen LogP contribution is 2.65. The van der Waals surface area contributed by atoms with Crippen LogP contribution in [0.1, 0.15) is 85.5 Å². The van der Waals surface area contributed by atoms with Gasteiger partial charge in [-0.2, -0.15) is 0 Å². The van der Waals surface area contributed by atoms with Crippen LogP contribution in [0.5, 0.6) is 5.75 Å². The van der Waals surface area contributed by atoms with E-state index in [0.29, 0.717) is 10.7 Å². The molecule has 3 N–H and O–H groups in total. The number of carbonyl (C=O) groups excluding carboxylic acids is 2. The lowest BCUT2D eigenvalue weighted by molar-refractivity contribution is -0.141. The normalized spacial score (nSPS) is 23.1. The summed E-state index contributed by atoms with van der Waals surface area (Å²) in [6.45, 7) is 7.62. The van der Waals surface area contributed by atoms with Crippen LogP contribution in [-0.2, 0) is 26.8 Å². The molecule has 0 spiro atoms. The fraction of sp³-hybridized carbons (Fsp3) is 0.439. The molecule has 51 heavy (non-hydrogen) atoms. The predicted octanol–water partition coefficient (Wildman–Crippen LogP) is 7.19. The first-order chi connectivity index (χ1) is 24.3. The highest BCUT2D eigenvalue weighted by atomic mass is 32.1. The number of nitrogens with one attached hydrogen (secondary N) is 2. The first kappa shape index (κ1) is 34.9. The average Bonchev–Trinajstić information content (AvgIpc) is 3.79. The van der Waals surface area contributed by atoms with E-state index in [1.165, 1.54) is 55.9 Å². The minimum Gasteiger partial charge on any atom is -0.496 e. The van der Waals surface area contributed by atoms with Gasteiger partial charge in [0.1, 0.15) is 17.8 Å². The maximum absolute atomic E-state index is 13.2. The maximum Gasteiger partial charge on any atom is 0.325 e. The smallest absolute Gasteiger partial charge is 0.325 e. The van der Waals surface area contributed by atoms with Gasteiger partial charge in [0.15, 0.2) is 5.82 Å². The number of ether oxygens (including phenoxy) is 1. The van der Waals surface area contributed by atoms with Gasteiger partial charge in [0.2, 0.25) is 5.91 Å². The molecule has 4 aliphatic carbocycles. The summed E-state index contributed by atoms with van der Waals surface area (Å²) in [5, 5.41) is 14.7. The van der Waals surface area contributed by atoms with Gasteiger partial charge in [0, 0.05) is 40.4 Å². The van der Waals surface area contributed by atoms with Crippen LogP contribution in [-0.4, -0.2) is 52.1 Å². The van der Waals surface area contributed by atoms with E-state index in [2.05, 4.69) is 49.6 Å². The van der Waals surface area contributed by atoms with Crippen LogP contribution in [0.3, 0.4) is 0 Å². The van der Waals surface area contributed by atoms with Gasteiger partial charge in [-0.15, -0.1) is 11.3 Å². The van der Waals surface area contributed by atoms with Crippen molar-refractivity contribution in [3.8, 4) is 28.3 Å². The first-order valence-corrected chi connectivity index (χ1v) is 18.7. The lowest BCUT2D eigenvalue weighted by Crippen LogP contribution is -2.51. The van der Waals surface area contributed by atoms with Crippen LogP contribution in [0.2, 0.25) is 0 Å². The van der Waals surface area contributed by atoms with Crippen molar-refractivity contribution < 1.29 is 24.2 Å². The summed E-state index contributed by atoms with van der Waals surface area (Å²) in [5.74, 6) is 2.03. The molecule has 4 atom stereocenters. The Labute approximate surface area is 303 Å². The summed E-state index contributed by atoms with van der Waals surface area (Å²) in [7, 11) is 1.77. The number of aliphatic carboxylic acids is 1. The highest BCUT2D eigenvalue weighted by Gasteiger charge is 2.57. The number of carboxylic acids is 1. The monoisotopic (exact) mass is 706 g/mol. The molecule has 9 nitrogen and oxygen atoms in total. The topological polar surface area (TPSA) is 131 Å². The second-order valence-electron chi connectivity index (χ2n) is 15.9. The van der Waals surface area contributed by atoms with Gasteiger partial charge in [-0.3, -0.25) is 14.4 Å². The molecule has 2 aromatic carbocycles. The molecule has 4 fully saturated rings. The number of benzene rings is 2. The third-order valence-corrected chi connectivity index (χ3v) is 12.8. The molecule has 2 aromatic heterocycles. The van der Waals surface area contributed by atoms with Crippen molar-refractivity contribution in [2.75, 3.05) is 7.11 Å². The molecular weight excluding hydrogens is 661 g/mol. The van der Waals surface area contributed by atoms with E-state index in [-0.39, 0.29) is 23.2 Å². The van der Waals surface area contributed by atoms with Crippen LogP contribution in [0.25, 0.3) is 22.5 Å². The van der Waals surface area contributed by atoms with E-state index < -0.39 is 24.0 Å². The number of nitrogens with zero attached hydrogens (tertiary/aromatic N) is 2. The van der Waals surface area contributed by atoms with E-state index in [1.807, 2.05) is 42.7 Å². The van der Waals surface area contributed by atoms with Crippen molar-refractivity contribution in [3.63, 3.8) is 0 Å². The zero-order chi connectivity index (χ0) is 36.1. The van der Waals surface area contributed by atoms with Crippen molar-refractivity contribution in [1.82, 2.24) is 20.6 Å². The van der Waals surface area contributed by atoms with Crippen molar-refractivity contribution in [1.29, 1.82) is 0 Å². The zero-order valence-electron chi connectivity index (χ0n) is 29.9. The van der Waals surface area contributed by atoms with E-state index in [0.717, 1.165) is 50.6 Å². The molecule has 2 unspecified atom stereocenters. The number of hydrogen-bond donors (Lipinski definition) is 3. The van der Waals surface area contributed by atoms with E-state index in [9.17, 15) is 19.5 Å². The molecule has 0 aliphatic heterocycles. The van der Waals surface area contributed by atoms with Crippen molar-refractivity contribution in [2.24, 2.45) is 17.8 Å². The minimum absolute atomic E-state index is 0.115. The number of rotatable bonds is 11. The Morgan fingerprint density at radius 3 is 2.18 bits per heavy atom. The Bertz CT molecular complexity index is 1930. The van der Waals surface area contributed by atoms with Crippen molar-refractivity contribution in [2.45, 2.75) is 89.1 Å². The Morgan fingerprint density at radius 2 is 1.59 bits per heavy atom. The van der Waals surface area contributed by atoms with Crippen LogP contribution >= 0.6 is 11.3 Å². The minimum atomic E-state index is -1.16. The van der Waals surface area contributed by atoms with Crippen molar-refractivity contribution in [3.05, 3.63) is 87.9 Å². The molecule has 10 heteroatoms. The summed E-state index contributed by atoms with van der Waals surface area (Å²) >= 11 is 1.38. The number of carbonyl (C=O) groups is 3. The second-order valence-corrected chi connectivity index (χ2v) is 17.0. The summed E-state index contributed by atoms with van der Waals surface area (Å²) in [5.41, 5.74) is 5.09. The van der Waals surface area contributed by atoms with Gasteiger partial charge in [0.25, 0.3) is 5.91 Å². The SMILES string of the molecule is COc1ccc(-c2cnc(-c3ccc(C[C@H](NC(=O)c4ccc(C(C)(C)C)s4)C(=O)N[C@H](C)C(=O)O)cc3)nc2)cc1C12CC3CC(C1)C(C3)C2. The van der Waals surface area contributed by atoms with E-state index in [1.54, 1.807) is 13.2 Å². The molecule has 266 valence electrons. The van der Waals surface area contributed by atoms with Crippen LogP contribution < -0.4 is 15.4 Å². The molecule has 4 bridgehead atoms. The fourth-order valence-electron chi connectivity index (χ4n) is 8.77. The first-order valence-electron chi connectivity index (χ1n) is 17.9. The number of methoxy groups -OCH3 is 1. The summed E-state index contributed by atoms with van der Waals surface area (Å²) in [4.78, 5) is 48.9. The maximum atomic E-state index is 13.2. The molecule has 8 rings (SSSR count). The number of amides is 2. The number of thiophene rings is 1. The van der Waals surface area contributed by atoms with Gasteiger partial charge in [0.05, 0.1) is 12.0 Å². The quantitative estimate of drug-likeness (QED) is 0.151. The number of aromatic nitrogens is 2.